The number of hydrogen-bond acceptors (Lipinski definition) is 22. The molecule has 0 bridgehead atoms. The molecule has 2 aliphatic rings. The first-order valence-corrected chi connectivity index (χ1v) is 62.0. The summed E-state index contributed by atoms with van der Waals surface area (Å²) in [4.78, 5) is 132. The van der Waals surface area contributed by atoms with Crippen LogP contribution in [0.25, 0.3) is 0 Å². The van der Waals surface area contributed by atoms with Crippen LogP contribution in [-0.4, -0.2) is 181 Å². The zero-order valence-electron chi connectivity index (χ0n) is 91.4. The molecule has 143 heavy (non-hydrogen) atoms. The van der Waals surface area contributed by atoms with E-state index in [1.165, 1.54) is 128 Å². The van der Waals surface area contributed by atoms with E-state index < -0.39 is 176 Å². The number of aliphatic hydroxyl groups is 4. The summed E-state index contributed by atoms with van der Waals surface area (Å²) in [5.41, 5.74) is 0. The van der Waals surface area contributed by atoms with Crippen LogP contribution >= 0.6 is 15.6 Å². The van der Waals surface area contributed by atoms with E-state index in [9.17, 15) is 63.5 Å². The van der Waals surface area contributed by atoms with Gasteiger partial charge in [-0.15, -0.1) is 0 Å². The average Bonchev–Trinajstić information content (AvgIpc) is 0.775. The van der Waals surface area contributed by atoms with Crippen molar-refractivity contribution in [2.24, 2.45) is 0 Å². The Morgan fingerprint density at radius 2 is 0.615 bits per heavy atom. The Kier molecular flexibility index (Phi) is 86.1. The van der Waals surface area contributed by atoms with E-state index in [-0.39, 0.29) is 38.5 Å². The quantitative estimate of drug-likeness (QED) is 0.00889. The van der Waals surface area contributed by atoms with Gasteiger partial charge in [-0.25, -0.2) is 13.9 Å². The number of aliphatic hydroxyl groups excluding tert-OH is 4. The highest BCUT2D eigenvalue weighted by molar-refractivity contribution is 7.46. The van der Waals surface area contributed by atoms with E-state index in [1.54, 1.807) is 0 Å². The zero-order chi connectivity index (χ0) is 105. The first kappa shape index (κ1) is 135. The van der Waals surface area contributed by atoms with Gasteiger partial charge in [-0.1, -0.05) is 472 Å². The molecule has 2 rings (SSSR count). The number of allylic oxidation sites excluding steroid dienone is 1. The van der Waals surface area contributed by atoms with E-state index in [2.05, 4.69) is 65.7 Å². The molecule has 0 aromatic carbocycles. The van der Waals surface area contributed by atoms with E-state index in [0.717, 1.165) is 276 Å². The smallest absolute Gasteiger partial charge is 0.472 e. The predicted octanol–water partition coefficient (Wildman–Crippen LogP) is 27.4. The summed E-state index contributed by atoms with van der Waals surface area (Å²) < 4.78 is 88.1. The molecule has 2 fully saturated rings. The molecule has 2 aliphatic heterocycles. The molecule has 2 amide bonds. The van der Waals surface area contributed by atoms with Crippen molar-refractivity contribution in [3.63, 3.8) is 0 Å². The minimum atomic E-state index is -5.74. The van der Waals surface area contributed by atoms with Gasteiger partial charge in [0.05, 0.1) is 50.8 Å². The zero-order valence-corrected chi connectivity index (χ0v) is 93.2. The maximum atomic E-state index is 15.4. The van der Waals surface area contributed by atoms with Gasteiger partial charge in [-0.3, -0.25) is 33.0 Å². The van der Waals surface area contributed by atoms with Crippen LogP contribution in [0.1, 0.15) is 569 Å². The van der Waals surface area contributed by atoms with Gasteiger partial charge in [0.15, 0.2) is 30.9 Å². The number of phosphoric ester groups is 2. The Balaban J connectivity index is 2.96. The van der Waals surface area contributed by atoms with E-state index >= 15 is 14.4 Å². The standard InChI is InChI=1S/C113H214N2O26P2/c1-9-16-23-30-37-44-47-48-50-55-58-65-72-79-92(8)133-94(81-74-67-60-52-41-34-27-20-13-5)87-100(119)114-105-109(138-103(122)86-93(117)80-73-66-59-51-40-33-26-19-12-4)107(124)99(137-113(105)141-143(129,130)131)91-132-112-106(115-101(120)88-95(82-75-68-61-53-42-35-28-21-14-6)135-111(125)97(118)84-77-70-63-56-46-39-32-25-18-11-3)110(108(98(90-116)136-112)140-142(126,127)128)139-104(123)89-96(83-76-69-62-54-43-36-29-22-15-7)134-102(121)85-78-71-64-57-49-45-38-31-24-17-10-2/h93-99,105-110,112-113,116-118,124H,8-91H2,1-7H3,(H,114,119)(H,115,120)(H2,126,127,128)(H2,129,130,131)/t93-,94-,95-,96-,97?,98?,99?,105?,106?,107?,108?,109?,110?,112?,113?/m0/s1. The van der Waals surface area contributed by atoms with Gasteiger partial charge in [-0.2, -0.15) is 0 Å². The molecular weight excluding hydrogens is 1860 g/mol. The normalized spacial score (nSPS) is 19.4. The molecule has 15 atom stereocenters. The van der Waals surface area contributed by atoms with E-state index in [1.807, 2.05) is 0 Å². The largest absolute Gasteiger partial charge is 0.495 e. The number of esters is 4. The lowest BCUT2D eigenvalue weighted by Crippen LogP contribution is -2.68. The van der Waals surface area contributed by atoms with Gasteiger partial charge < -0.3 is 88.5 Å². The molecule has 0 aromatic heterocycles. The topological polar surface area (TPSA) is 415 Å². The molecule has 0 saturated carbocycles. The van der Waals surface area contributed by atoms with Crippen molar-refractivity contribution >= 4 is 51.3 Å². The van der Waals surface area contributed by atoms with Crippen LogP contribution in [0, 0.1) is 0 Å². The molecule has 30 heteroatoms. The van der Waals surface area contributed by atoms with Gasteiger partial charge in [0.1, 0.15) is 54.8 Å². The third kappa shape index (κ3) is 74.8. The minimum absolute atomic E-state index is 0.0654. The lowest BCUT2D eigenvalue weighted by atomic mass is 9.95. The van der Waals surface area contributed by atoms with Gasteiger partial charge in [-0.05, 0) is 64.2 Å². The van der Waals surface area contributed by atoms with Crippen LogP contribution in [0.4, 0.5) is 0 Å². The molecule has 11 unspecified atom stereocenters. The van der Waals surface area contributed by atoms with Crippen molar-refractivity contribution in [2.45, 2.75) is 660 Å². The van der Waals surface area contributed by atoms with Crippen molar-refractivity contribution in [1.82, 2.24) is 10.6 Å². The van der Waals surface area contributed by atoms with Gasteiger partial charge in [0.25, 0.3) is 0 Å². The second kappa shape index (κ2) is 91.0. The van der Waals surface area contributed by atoms with E-state index in [4.69, 9.17) is 46.9 Å². The fourth-order valence-electron chi connectivity index (χ4n) is 19.7. The molecule has 28 nitrogen and oxygen atoms in total. The van der Waals surface area contributed by atoms with Crippen molar-refractivity contribution < 1.29 is 125 Å². The highest BCUT2D eigenvalue weighted by Gasteiger charge is 2.55. The summed E-state index contributed by atoms with van der Waals surface area (Å²) in [6, 6.07) is -3.91. The summed E-state index contributed by atoms with van der Waals surface area (Å²) >= 11 is 0. The number of phosphoric acid groups is 2. The summed E-state index contributed by atoms with van der Waals surface area (Å²) in [6.45, 7) is 17.4. The monoisotopic (exact) mass is 2080 g/mol. The van der Waals surface area contributed by atoms with Crippen LogP contribution in [0.15, 0.2) is 12.3 Å². The summed E-state index contributed by atoms with van der Waals surface area (Å²) in [5.74, 6) is -4.95. The fraction of sp³-hybridized carbons (Fsp3) is 0.929. The van der Waals surface area contributed by atoms with Gasteiger partial charge in [0, 0.05) is 12.8 Å². The number of carbonyl (C=O) groups excluding carboxylic acids is 6. The van der Waals surface area contributed by atoms with Crippen molar-refractivity contribution in [2.75, 3.05) is 13.2 Å². The van der Waals surface area contributed by atoms with Crippen molar-refractivity contribution in [3.8, 4) is 0 Å². The molecular formula is C113H214N2O26P2. The summed E-state index contributed by atoms with van der Waals surface area (Å²) in [7, 11) is -11.5. The lowest BCUT2D eigenvalue weighted by Gasteiger charge is -2.47. The molecule has 2 saturated heterocycles. The van der Waals surface area contributed by atoms with Crippen molar-refractivity contribution in [1.29, 1.82) is 0 Å². The maximum absolute atomic E-state index is 15.4. The Labute approximate surface area is 868 Å². The van der Waals surface area contributed by atoms with Crippen LogP contribution in [0.3, 0.4) is 0 Å². The number of amides is 2. The number of ether oxygens (including phenoxy) is 8. The Morgan fingerprint density at radius 3 is 0.972 bits per heavy atom. The third-order valence-electron chi connectivity index (χ3n) is 28.3. The maximum Gasteiger partial charge on any atom is 0.472 e. The highest BCUT2D eigenvalue weighted by Crippen LogP contribution is 2.45. The molecule has 0 spiro atoms. The number of unbranched alkanes of at least 4 members (excludes halogenated alkanes) is 63. The SMILES string of the molecule is C=C(CCCCCCCCCCCCCCC)O[C@@H](CCCCCCCCCCC)CC(=O)NC1C(OP(=O)(O)O)OC(COC2OC(CO)C(OP(=O)(O)O)C(OC(=O)C[C@H](CCCCCCCCCCC)OC(=O)CCCCCCCCCCCCC)C2NC(=O)C[C@H](CCCCCCCCCCC)OC(=O)C(O)CCCCCCCCCCCC)C(O)C1OC(=O)C[C@@H](O)CCCCCCCCCCC. The van der Waals surface area contributed by atoms with Crippen LogP contribution < -0.4 is 10.6 Å². The first-order valence-electron chi connectivity index (χ1n) is 58.9. The van der Waals surface area contributed by atoms with Crippen LogP contribution in [0.2, 0.25) is 0 Å². The van der Waals surface area contributed by atoms with Crippen molar-refractivity contribution in [3.05, 3.63) is 12.3 Å². The average molecular weight is 2080 g/mol. The first-order chi connectivity index (χ1) is 69.2. The molecule has 10 N–H and O–H groups in total. The highest BCUT2D eigenvalue weighted by atomic mass is 31.2. The van der Waals surface area contributed by atoms with Crippen LogP contribution in [0.5, 0.6) is 0 Å². The van der Waals surface area contributed by atoms with Gasteiger partial charge in [0.2, 0.25) is 11.8 Å². The lowest BCUT2D eigenvalue weighted by molar-refractivity contribution is -0.297. The Morgan fingerprint density at radius 1 is 0.322 bits per heavy atom. The third-order valence-corrected chi connectivity index (χ3v) is 29.3. The number of nitrogens with one attached hydrogen (secondary N) is 2. The number of rotatable bonds is 102. The van der Waals surface area contributed by atoms with Crippen LogP contribution in [-0.2, 0) is 84.8 Å². The molecule has 0 radical (unpaired) electrons. The molecule has 2 heterocycles. The molecule has 0 aliphatic carbocycles. The summed E-state index contributed by atoms with van der Waals surface area (Å²) in [5, 5.41) is 52.7. The summed E-state index contributed by atoms with van der Waals surface area (Å²) in [6.07, 6.45) is 49.2. The Hall–Kier alpha value is -3.70. The van der Waals surface area contributed by atoms with E-state index in [0.29, 0.717) is 63.5 Å². The number of carbonyl (C=O) groups is 6. The minimum Gasteiger partial charge on any atom is -0.495 e. The molecule has 842 valence electrons. The van der Waals surface area contributed by atoms with Gasteiger partial charge >= 0.3 is 39.5 Å². The Bertz CT molecular complexity index is 3170. The predicted molar refractivity (Wildman–Crippen MR) is 570 cm³/mol. The second-order valence-electron chi connectivity index (χ2n) is 42.0. The number of hydrogen-bond donors (Lipinski definition) is 10. The second-order valence-corrected chi connectivity index (χ2v) is 44.4. The fourth-order valence-corrected chi connectivity index (χ4v) is 20.7. The molecule has 0 aromatic rings.